The van der Waals surface area contributed by atoms with Crippen molar-refractivity contribution in [3.8, 4) is 11.8 Å². The van der Waals surface area contributed by atoms with Gasteiger partial charge in [-0.05, 0) is 62.1 Å². The Morgan fingerprint density at radius 1 is 1.26 bits per heavy atom. The van der Waals surface area contributed by atoms with E-state index >= 15 is 0 Å². The highest BCUT2D eigenvalue weighted by Crippen LogP contribution is 2.41. The number of nitriles is 1. The van der Waals surface area contributed by atoms with Gasteiger partial charge in [0.05, 0.1) is 13.2 Å². The van der Waals surface area contributed by atoms with Gasteiger partial charge in [-0.15, -0.1) is 0 Å². The smallest absolute Gasteiger partial charge is 0.271 e. The molecular weight excluding hydrogens is 444 g/mol. The molecule has 0 bridgehead atoms. The van der Waals surface area contributed by atoms with Gasteiger partial charge in [-0.25, -0.2) is 0 Å². The maximum atomic E-state index is 13.7. The first kappa shape index (κ1) is 23.4. The Morgan fingerprint density at radius 2 is 2.09 bits per heavy atom. The van der Waals surface area contributed by atoms with E-state index in [1.165, 1.54) is 0 Å². The molecule has 1 aromatic heterocycles. The summed E-state index contributed by atoms with van der Waals surface area (Å²) in [7, 11) is 1.60. The summed E-state index contributed by atoms with van der Waals surface area (Å²) in [5.74, 6) is 0.568. The van der Waals surface area contributed by atoms with Crippen LogP contribution in [-0.2, 0) is 9.59 Å². The molecule has 5 atom stereocenters. The lowest BCUT2D eigenvalue weighted by molar-refractivity contribution is -0.127. The summed E-state index contributed by atoms with van der Waals surface area (Å²) in [6.45, 7) is 0.534. The number of carbonyl (C=O) groups is 3. The minimum absolute atomic E-state index is 0.0825. The third kappa shape index (κ3) is 4.40. The van der Waals surface area contributed by atoms with Crippen molar-refractivity contribution in [1.29, 1.82) is 5.26 Å². The average Bonchev–Trinajstić information content (AvgIpc) is 3.59. The molecule has 1 saturated heterocycles. The number of ketones is 1. The van der Waals surface area contributed by atoms with E-state index in [4.69, 9.17) is 4.74 Å². The van der Waals surface area contributed by atoms with Gasteiger partial charge in [0.25, 0.3) is 5.91 Å². The number of methoxy groups -OCH3 is 1. The SMILES string of the molecule is COc1cccc2[nH]c(C(=O)N3CC4CCCCC4C3C(=O)NC(C#N)CC3CCCC3=O)cc12. The van der Waals surface area contributed by atoms with Gasteiger partial charge in [-0.2, -0.15) is 5.26 Å². The van der Waals surface area contributed by atoms with Crippen LogP contribution >= 0.6 is 0 Å². The summed E-state index contributed by atoms with van der Waals surface area (Å²) in [5, 5.41) is 13.4. The van der Waals surface area contributed by atoms with E-state index in [1.807, 2.05) is 18.2 Å². The van der Waals surface area contributed by atoms with Crippen molar-refractivity contribution in [3.63, 3.8) is 0 Å². The Hall–Kier alpha value is -3.34. The fourth-order valence-electron chi connectivity index (χ4n) is 6.42. The number of aromatic nitrogens is 1. The Kier molecular flexibility index (Phi) is 6.50. The van der Waals surface area contributed by atoms with E-state index in [0.29, 0.717) is 30.8 Å². The standard InChI is InChI=1S/C27H32N4O4/c1-35-24-11-5-9-21-20(24)13-22(30-21)27(34)31-15-17-6-2-3-8-19(17)25(31)26(33)29-18(14-28)12-16-7-4-10-23(16)32/h5,9,11,13,16-19,25,30H,2-4,6-8,10,12,15H2,1H3,(H,29,33). The van der Waals surface area contributed by atoms with Gasteiger partial charge >= 0.3 is 0 Å². The van der Waals surface area contributed by atoms with E-state index in [1.54, 1.807) is 18.1 Å². The maximum Gasteiger partial charge on any atom is 0.271 e. The summed E-state index contributed by atoms with van der Waals surface area (Å²) < 4.78 is 5.44. The molecule has 1 aliphatic heterocycles. The lowest BCUT2D eigenvalue weighted by Gasteiger charge is -2.30. The van der Waals surface area contributed by atoms with Crippen molar-refractivity contribution in [2.75, 3.05) is 13.7 Å². The molecule has 2 heterocycles. The van der Waals surface area contributed by atoms with Gasteiger partial charge in [-0.3, -0.25) is 14.4 Å². The molecule has 0 spiro atoms. The summed E-state index contributed by atoms with van der Waals surface area (Å²) in [4.78, 5) is 44.3. The van der Waals surface area contributed by atoms with Crippen LogP contribution in [0.25, 0.3) is 10.9 Å². The highest BCUT2D eigenvalue weighted by atomic mass is 16.5. The number of hydrogen-bond donors (Lipinski definition) is 2. The topological polar surface area (TPSA) is 115 Å². The van der Waals surface area contributed by atoms with Crippen molar-refractivity contribution in [1.82, 2.24) is 15.2 Å². The maximum absolute atomic E-state index is 13.7. The van der Waals surface area contributed by atoms with E-state index < -0.39 is 12.1 Å². The molecule has 2 aliphatic carbocycles. The van der Waals surface area contributed by atoms with Crippen LogP contribution in [0, 0.1) is 29.1 Å². The van der Waals surface area contributed by atoms with Crippen LogP contribution < -0.4 is 10.1 Å². The molecule has 35 heavy (non-hydrogen) atoms. The van der Waals surface area contributed by atoms with Gasteiger partial charge in [0, 0.05) is 29.8 Å². The summed E-state index contributed by atoms with van der Waals surface area (Å²) >= 11 is 0. The highest BCUT2D eigenvalue weighted by molar-refractivity contribution is 6.02. The molecule has 3 aliphatic rings. The fraction of sp³-hybridized carbons (Fsp3) is 0.556. The van der Waals surface area contributed by atoms with E-state index in [2.05, 4.69) is 16.4 Å². The molecule has 0 radical (unpaired) electrons. The number of H-pyrrole nitrogens is 1. The van der Waals surface area contributed by atoms with Crippen molar-refractivity contribution < 1.29 is 19.1 Å². The van der Waals surface area contributed by atoms with Crippen LogP contribution in [0.5, 0.6) is 5.75 Å². The predicted molar refractivity (Wildman–Crippen MR) is 130 cm³/mol. The zero-order chi connectivity index (χ0) is 24.5. The first-order valence-electron chi connectivity index (χ1n) is 12.7. The molecule has 5 unspecified atom stereocenters. The Morgan fingerprint density at radius 3 is 2.83 bits per heavy atom. The monoisotopic (exact) mass is 476 g/mol. The Labute approximate surface area is 205 Å². The number of fused-ring (bicyclic) bond motifs is 2. The normalized spacial score (nSPS) is 26.9. The zero-order valence-corrected chi connectivity index (χ0v) is 20.1. The van der Waals surface area contributed by atoms with Gasteiger partial charge in [-0.1, -0.05) is 18.9 Å². The fourth-order valence-corrected chi connectivity index (χ4v) is 6.42. The number of benzene rings is 1. The molecule has 2 N–H and O–H groups in total. The minimum Gasteiger partial charge on any atom is -0.496 e. The second-order valence-corrected chi connectivity index (χ2v) is 10.2. The number of aromatic amines is 1. The van der Waals surface area contributed by atoms with E-state index in [0.717, 1.165) is 49.4 Å². The van der Waals surface area contributed by atoms with Gasteiger partial charge in [0.1, 0.15) is 29.3 Å². The number of hydrogen-bond acceptors (Lipinski definition) is 5. The van der Waals surface area contributed by atoms with Crippen LogP contribution in [0.3, 0.4) is 0 Å². The average molecular weight is 477 g/mol. The van der Waals surface area contributed by atoms with Gasteiger partial charge < -0.3 is 19.9 Å². The number of ether oxygens (including phenoxy) is 1. The molecule has 2 saturated carbocycles. The lowest BCUT2D eigenvalue weighted by Crippen LogP contribution is -2.51. The number of Topliss-reactive ketones (excluding diaryl/α,β-unsaturated/α-hetero) is 1. The number of likely N-dealkylation sites (tertiary alicyclic amines) is 1. The second-order valence-electron chi connectivity index (χ2n) is 10.2. The molecule has 2 aromatic rings. The number of nitrogens with zero attached hydrogens (tertiary/aromatic N) is 2. The summed E-state index contributed by atoms with van der Waals surface area (Å²) in [6.07, 6.45) is 6.55. The Balaban J connectivity index is 1.39. The second kappa shape index (κ2) is 9.73. The van der Waals surface area contributed by atoms with Crippen LogP contribution in [0.15, 0.2) is 24.3 Å². The molecule has 8 nitrogen and oxygen atoms in total. The van der Waals surface area contributed by atoms with Gasteiger partial charge in [0.15, 0.2) is 0 Å². The zero-order valence-electron chi connectivity index (χ0n) is 20.1. The quantitative estimate of drug-likeness (QED) is 0.661. The molecular formula is C27H32N4O4. The molecule has 8 heteroatoms. The lowest BCUT2D eigenvalue weighted by atomic mass is 9.78. The van der Waals surface area contributed by atoms with E-state index in [-0.39, 0.29) is 35.4 Å². The van der Waals surface area contributed by atoms with Crippen molar-refractivity contribution in [3.05, 3.63) is 30.0 Å². The molecule has 5 rings (SSSR count). The van der Waals surface area contributed by atoms with Crippen molar-refractivity contribution >= 4 is 28.5 Å². The molecule has 1 aromatic carbocycles. The molecule has 2 amide bonds. The largest absolute Gasteiger partial charge is 0.496 e. The third-order valence-corrected chi connectivity index (χ3v) is 8.17. The molecule has 184 valence electrons. The summed E-state index contributed by atoms with van der Waals surface area (Å²) in [5.41, 5.74) is 1.23. The van der Waals surface area contributed by atoms with Crippen LogP contribution in [-0.4, -0.2) is 53.2 Å². The number of carbonyl (C=O) groups excluding carboxylic acids is 3. The first-order valence-corrected chi connectivity index (χ1v) is 12.7. The van der Waals surface area contributed by atoms with Gasteiger partial charge in [0.2, 0.25) is 5.91 Å². The van der Waals surface area contributed by atoms with Crippen molar-refractivity contribution in [2.45, 2.75) is 63.5 Å². The predicted octanol–water partition coefficient (Wildman–Crippen LogP) is 3.57. The molecule has 3 fully saturated rings. The van der Waals surface area contributed by atoms with Crippen molar-refractivity contribution in [2.24, 2.45) is 17.8 Å². The first-order chi connectivity index (χ1) is 17.0. The number of amides is 2. The van der Waals surface area contributed by atoms with Crippen LogP contribution in [0.4, 0.5) is 0 Å². The third-order valence-electron chi connectivity index (χ3n) is 8.17. The minimum atomic E-state index is -0.730. The summed E-state index contributed by atoms with van der Waals surface area (Å²) in [6, 6.07) is 8.23. The van der Waals surface area contributed by atoms with Crippen LogP contribution in [0.1, 0.15) is 61.9 Å². The number of nitrogens with one attached hydrogen (secondary N) is 2. The number of rotatable bonds is 6. The Bertz CT molecular complexity index is 1180. The highest BCUT2D eigenvalue weighted by Gasteiger charge is 2.49. The van der Waals surface area contributed by atoms with Crippen LogP contribution in [0.2, 0.25) is 0 Å². The van der Waals surface area contributed by atoms with E-state index in [9.17, 15) is 19.6 Å².